The molecule has 0 radical (unpaired) electrons. The summed E-state index contributed by atoms with van der Waals surface area (Å²) in [6.07, 6.45) is 5.52. The topological polar surface area (TPSA) is 46.9 Å². The molecule has 1 heterocycles. The first-order valence-electron chi connectivity index (χ1n) is 7.23. The lowest BCUT2D eigenvalue weighted by molar-refractivity contribution is -0.122. The van der Waals surface area contributed by atoms with Gasteiger partial charge in [0.2, 0.25) is 5.91 Å². The van der Waals surface area contributed by atoms with Gasteiger partial charge in [0, 0.05) is 18.9 Å². The average Bonchev–Trinajstić information content (AvgIpc) is 3.08. The molecule has 2 aromatic rings. The van der Waals surface area contributed by atoms with Crippen LogP contribution >= 0.6 is 0 Å². The summed E-state index contributed by atoms with van der Waals surface area (Å²) in [5.41, 5.74) is 2.33. The van der Waals surface area contributed by atoms with Crippen LogP contribution in [0.2, 0.25) is 0 Å². The van der Waals surface area contributed by atoms with E-state index in [4.69, 9.17) is 0 Å². The van der Waals surface area contributed by atoms with Gasteiger partial charge in [-0.3, -0.25) is 4.79 Å². The molecule has 0 bridgehead atoms. The zero-order valence-corrected chi connectivity index (χ0v) is 12.0. The van der Waals surface area contributed by atoms with Gasteiger partial charge in [-0.1, -0.05) is 42.5 Å². The molecule has 1 fully saturated rings. The summed E-state index contributed by atoms with van der Waals surface area (Å²) in [5, 5.41) is 2.93. The number of nitrogens with one attached hydrogen (secondary N) is 1. The minimum absolute atomic E-state index is 0.0257. The van der Waals surface area contributed by atoms with E-state index < -0.39 is 0 Å². The Morgan fingerprint density at radius 3 is 2.86 bits per heavy atom. The van der Waals surface area contributed by atoms with Crippen LogP contribution in [-0.2, 0) is 24.3 Å². The van der Waals surface area contributed by atoms with Crippen molar-refractivity contribution in [3.05, 3.63) is 66.3 Å². The third-order valence-corrected chi connectivity index (χ3v) is 3.82. The van der Waals surface area contributed by atoms with E-state index in [9.17, 15) is 4.79 Å². The summed E-state index contributed by atoms with van der Waals surface area (Å²) in [5.74, 6) is 0.987. The minimum atomic E-state index is 0.0257. The molecule has 1 aromatic heterocycles. The molecule has 0 aliphatic heterocycles. The van der Waals surface area contributed by atoms with E-state index in [1.165, 1.54) is 5.56 Å². The predicted molar refractivity (Wildman–Crippen MR) is 81.5 cm³/mol. The van der Waals surface area contributed by atoms with Gasteiger partial charge in [-0.15, -0.1) is 0 Å². The first kappa shape index (κ1) is 13.6. The van der Waals surface area contributed by atoms with Gasteiger partial charge >= 0.3 is 0 Å². The van der Waals surface area contributed by atoms with Crippen LogP contribution in [0, 0.1) is 5.92 Å². The fourth-order valence-electron chi connectivity index (χ4n) is 2.38. The molecule has 1 aliphatic carbocycles. The van der Waals surface area contributed by atoms with Crippen molar-refractivity contribution in [2.24, 2.45) is 5.92 Å². The van der Waals surface area contributed by atoms with Gasteiger partial charge in [-0.25, -0.2) is 4.98 Å². The molecule has 0 saturated heterocycles. The molecule has 1 aromatic carbocycles. The number of hydrogen-bond donors (Lipinski definition) is 1. The Bertz CT molecular complexity index is 645. The SMILES string of the molecule is C=C1CC1C(=O)NCc1nccn1CCc1ccccc1. The molecule has 4 nitrogen and oxygen atoms in total. The van der Waals surface area contributed by atoms with E-state index in [2.05, 4.69) is 33.6 Å². The molecule has 108 valence electrons. The number of aromatic nitrogens is 2. The molecule has 1 N–H and O–H groups in total. The van der Waals surface area contributed by atoms with Crippen molar-refractivity contribution in [1.82, 2.24) is 14.9 Å². The minimum Gasteiger partial charge on any atom is -0.348 e. The number of aryl methyl sites for hydroxylation is 2. The van der Waals surface area contributed by atoms with Crippen LogP contribution in [0.4, 0.5) is 0 Å². The van der Waals surface area contributed by atoms with Crippen molar-refractivity contribution < 1.29 is 4.79 Å². The lowest BCUT2D eigenvalue weighted by atomic mass is 10.1. The largest absolute Gasteiger partial charge is 0.348 e. The van der Waals surface area contributed by atoms with Crippen molar-refractivity contribution in [3.8, 4) is 0 Å². The Hall–Kier alpha value is -2.36. The summed E-state index contributed by atoms with van der Waals surface area (Å²) >= 11 is 0. The predicted octanol–water partition coefficient (Wildman–Crippen LogP) is 2.32. The maximum atomic E-state index is 11.8. The summed E-state index contributed by atoms with van der Waals surface area (Å²) in [4.78, 5) is 16.1. The van der Waals surface area contributed by atoms with E-state index in [1.807, 2.05) is 24.4 Å². The number of hydrogen-bond acceptors (Lipinski definition) is 2. The number of amides is 1. The van der Waals surface area contributed by atoms with Crippen LogP contribution in [-0.4, -0.2) is 15.5 Å². The Balaban J connectivity index is 1.54. The highest BCUT2D eigenvalue weighted by Crippen LogP contribution is 2.35. The zero-order valence-electron chi connectivity index (χ0n) is 12.0. The van der Waals surface area contributed by atoms with Crippen molar-refractivity contribution in [3.63, 3.8) is 0 Å². The van der Waals surface area contributed by atoms with Crippen LogP contribution in [0.3, 0.4) is 0 Å². The van der Waals surface area contributed by atoms with Crippen molar-refractivity contribution in [2.45, 2.75) is 25.9 Å². The number of carbonyl (C=O) groups is 1. The van der Waals surface area contributed by atoms with Crippen molar-refractivity contribution in [1.29, 1.82) is 0 Å². The smallest absolute Gasteiger partial charge is 0.227 e. The van der Waals surface area contributed by atoms with E-state index >= 15 is 0 Å². The number of benzene rings is 1. The van der Waals surface area contributed by atoms with Crippen molar-refractivity contribution >= 4 is 5.91 Å². The van der Waals surface area contributed by atoms with Gasteiger partial charge in [0.25, 0.3) is 0 Å². The first-order valence-corrected chi connectivity index (χ1v) is 7.23. The molecular formula is C17H19N3O. The Morgan fingerprint density at radius 1 is 1.38 bits per heavy atom. The number of rotatable bonds is 6. The maximum Gasteiger partial charge on any atom is 0.227 e. The molecule has 1 aliphatic rings. The Labute approximate surface area is 124 Å². The van der Waals surface area contributed by atoms with E-state index in [1.54, 1.807) is 6.20 Å². The summed E-state index contributed by atoms with van der Waals surface area (Å²) in [6, 6.07) is 10.4. The first-order chi connectivity index (χ1) is 10.2. The van der Waals surface area contributed by atoms with E-state index in [0.29, 0.717) is 6.54 Å². The lowest BCUT2D eigenvalue weighted by Crippen LogP contribution is -2.26. The van der Waals surface area contributed by atoms with E-state index in [0.717, 1.165) is 30.8 Å². The maximum absolute atomic E-state index is 11.8. The highest BCUT2D eigenvalue weighted by molar-refractivity contribution is 5.85. The molecule has 1 atom stereocenters. The quantitative estimate of drug-likeness (QED) is 0.826. The summed E-state index contributed by atoms with van der Waals surface area (Å²) < 4.78 is 2.09. The zero-order chi connectivity index (χ0) is 14.7. The van der Waals surface area contributed by atoms with Crippen LogP contribution in [0.15, 0.2) is 54.9 Å². The summed E-state index contributed by atoms with van der Waals surface area (Å²) in [6.45, 7) is 5.16. The third-order valence-electron chi connectivity index (χ3n) is 3.82. The van der Waals surface area contributed by atoms with Gasteiger partial charge in [-0.05, 0) is 18.4 Å². The highest BCUT2D eigenvalue weighted by atomic mass is 16.2. The summed E-state index contributed by atoms with van der Waals surface area (Å²) in [7, 11) is 0. The standard InChI is InChI=1S/C17H19N3O/c1-13-11-15(13)17(21)19-12-16-18-8-10-20(16)9-7-14-5-3-2-4-6-14/h2-6,8,10,15H,1,7,9,11-12H2,(H,19,21). The van der Waals surface area contributed by atoms with Crippen LogP contribution in [0.25, 0.3) is 0 Å². The van der Waals surface area contributed by atoms with Crippen LogP contribution in [0.5, 0.6) is 0 Å². The molecule has 1 amide bonds. The highest BCUT2D eigenvalue weighted by Gasteiger charge is 2.34. The van der Waals surface area contributed by atoms with Gasteiger partial charge in [0.05, 0.1) is 12.5 Å². The third kappa shape index (κ3) is 3.40. The van der Waals surface area contributed by atoms with Crippen LogP contribution < -0.4 is 5.32 Å². The normalized spacial score (nSPS) is 16.8. The Kier molecular flexibility index (Phi) is 3.86. The number of carbonyl (C=O) groups excluding carboxylic acids is 1. The van der Waals surface area contributed by atoms with E-state index in [-0.39, 0.29) is 11.8 Å². The van der Waals surface area contributed by atoms with Gasteiger partial charge in [0.15, 0.2) is 0 Å². The van der Waals surface area contributed by atoms with Crippen molar-refractivity contribution in [2.75, 3.05) is 0 Å². The van der Waals surface area contributed by atoms with Gasteiger partial charge in [-0.2, -0.15) is 0 Å². The second-order valence-corrected chi connectivity index (χ2v) is 5.41. The molecule has 21 heavy (non-hydrogen) atoms. The fraction of sp³-hybridized carbons (Fsp3) is 0.294. The molecule has 1 saturated carbocycles. The number of imidazole rings is 1. The lowest BCUT2D eigenvalue weighted by Gasteiger charge is -2.09. The second-order valence-electron chi connectivity index (χ2n) is 5.41. The molecule has 0 spiro atoms. The Morgan fingerprint density at radius 2 is 2.14 bits per heavy atom. The molecule has 1 unspecified atom stereocenters. The molecule has 3 rings (SSSR count). The average molecular weight is 281 g/mol. The van der Waals surface area contributed by atoms with Gasteiger partial charge in [0.1, 0.15) is 5.82 Å². The second kappa shape index (κ2) is 5.95. The number of nitrogens with zero attached hydrogens (tertiary/aromatic N) is 2. The fourth-order valence-corrected chi connectivity index (χ4v) is 2.38. The monoisotopic (exact) mass is 281 g/mol. The molecular weight excluding hydrogens is 262 g/mol. The van der Waals surface area contributed by atoms with Gasteiger partial charge < -0.3 is 9.88 Å². The van der Waals surface area contributed by atoms with Crippen LogP contribution in [0.1, 0.15) is 17.8 Å². The molecule has 4 heteroatoms.